The zero-order chi connectivity index (χ0) is 21.9. The number of hydrogen-bond donors (Lipinski definition) is 0. The Morgan fingerprint density at radius 2 is 1.90 bits per heavy atom. The molecule has 0 saturated heterocycles. The summed E-state index contributed by atoms with van der Waals surface area (Å²) < 4.78 is 34.7. The number of aromatic nitrogens is 4. The Balaban J connectivity index is 1.93. The molecule has 0 saturated carbocycles. The van der Waals surface area contributed by atoms with E-state index in [1.807, 2.05) is 33.8 Å². The van der Waals surface area contributed by atoms with Crippen LogP contribution in [0.15, 0.2) is 32.8 Å². The van der Waals surface area contributed by atoms with Crippen molar-refractivity contribution in [3.05, 3.63) is 29.9 Å². The van der Waals surface area contributed by atoms with Gasteiger partial charge in [-0.05, 0) is 38.5 Å². The van der Waals surface area contributed by atoms with Crippen LogP contribution in [0.2, 0.25) is 0 Å². The van der Waals surface area contributed by atoms with Gasteiger partial charge in [-0.15, -0.1) is 0 Å². The number of imidazole rings is 1. The van der Waals surface area contributed by atoms with E-state index in [9.17, 15) is 8.42 Å². The topological polar surface area (TPSA) is 94.1 Å². The molecule has 0 spiro atoms. The van der Waals surface area contributed by atoms with Gasteiger partial charge in [-0.1, -0.05) is 37.7 Å². The Bertz CT molecular complexity index is 1100. The van der Waals surface area contributed by atoms with Crippen molar-refractivity contribution in [3.8, 4) is 0 Å². The van der Waals surface area contributed by atoms with Gasteiger partial charge in [0.15, 0.2) is 11.0 Å². The molecule has 0 radical (unpaired) electrons. The molecule has 3 aromatic rings. The van der Waals surface area contributed by atoms with Gasteiger partial charge in [0.2, 0.25) is 15.9 Å². The second kappa shape index (κ2) is 9.49. The Morgan fingerprint density at radius 1 is 1.17 bits per heavy atom. The summed E-state index contributed by atoms with van der Waals surface area (Å²) >= 11 is 1.53. The highest BCUT2D eigenvalue weighted by molar-refractivity contribution is 7.99. The third-order valence-electron chi connectivity index (χ3n) is 4.93. The fourth-order valence-corrected chi connectivity index (χ4v) is 5.82. The van der Waals surface area contributed by atoms with E-state index in [1.54, 1.807) is 12.1 Å². The lowest BCUT2D eigenvalue weighted by molar-refractivity contribution is 0.374. The Morgan fingerprint density at radius 3 is 2.53 bits per heavy atom. The smallest absolute Gasteiger partial charge is 0.243 e. The zero-order valence-electron chi connectivity index (χ0n) is 18.1. The third-order valence-corrected chi connectivity index (χ3v) is 8.06. The van der Waals surface area contributed by atoms with Crippen LogP contribution in [0.5, 0.6) is 0 Å². The second-order valence-corrected chi connectivity index (χ2v) is 10.2. The van der Waals surface area contributed by atoms with E-state index in [0.29, 0.717) is 24.5 Å². The predicted molar refractivity (Wildman–Crippen MR) is 118 cm³/mol. The molecule has 3 rings (SSSR count). The lowest BCUT2D eigenvalue weighted by atomic mass is 10.3. The quantitative estimate of drug-likeness (QED) is 0.425. The first-order valence-electron chi connectivity index (χ1n) is 10.3. The lowest BCUT2D eigenvalue weighted by Gasteiger charge is -2.18. The minimum absolute atomic E-state index is 0.0657. The first-order valence-corrected chi connectivity index (χ1v) is 12.7. The van der Waals surface area contributed by atoms with Gasteiger partial charge in [-0.2, -0.15) is 9.29 Å². The van der Waals surface area contributed by atoms with Crippen LogP contribution in [0.1, 0.15) is 58.0 Å². The normalized spacial score (nSPS) is 13.4. The minimum Gasteiger partial charge on any atom is -0.338 e. The molecular weight excluding hydrogens is 422 g/mol. The van der Waals surface area contributed by atoms with Gasteiger partial charge in [0.05, 0.1) is 21.2 Å². The van der Waals surface area contributed by atoms with E-state index in [-0.39, 0.29) is 10.1 Å². The number of nitrogens with zero attached hydrogens (tertiary/aromatic N) is 5. The molecular formula is C20H29N5O3S2. The number of thioether (sulfide) groups is 1. The summed E-state index contributed by atoms with van der Waals surface area (Å²) in [5.41, 5.74) is 1.57. The summed E-state index contributed by atoms with van der Waals surface area (Å²) in [6, 6.07) is 5.16. The fourth-order valence-electron chi connectivity index (χ4n) is 3.32. The first kappa shape index (κ1) is 22.8. The number of rotatable bonds is 10. The Hall–Kier alpha value is -1.91. The van der Waals surface area contributed by atoms with Crippen molar-refractivity contribution in [1.29, 1.82) is 0 Å². The molecule has 2 aromatic heterocycles. The summed E-state index contributed by atoms with van der Waals surface area (Å²) in [7, 11) is -3.53. The van der Waals surface area contributed by atoms with Crippen LogP contribution >= 0.6 is 11.8 Å². The van der Waals surface area contributed by atoms with Crippen molar-refractivity contribution in [3.63, 3.8) is 0 Å². The van der Waals surface area contributed by atoms with Crippen LogP contribution < -0.4 is 0 Å². The standard InChI is InChI=1S/C20H29N5O3S2/c1-6-10-18-22-19(28-23-18)14(5)29-20-21-16-13-15(11-12-17(16)25(20)9-4)30(26,27)24(7-2)8-3/h11-14H,6-10H2,1-5H3/t14-/m1/s1. The SMILES string of the molecule is CCCc1noc([C@@H](C)Sc2nc3cc(S(=O)(=O)N(CC)CC)ccc3n2CC)n1. The number of hydrogen-bond acceptors (Lipinski definition) is 7. The minimum atomic E-state index is -3.53. The fraction of sp³-hybridized carbons (Fsp3) is 0.550. The predicted octanol–water partition coefficient (Wildman–Crippen LogP) is 4.28. The van der Waals surface area contributed by atoms with E-state index >= 15 is 0 Å². The summed E-state index contributed by atoms with van der Waals surface area (Å²) in [5.74, 6) is 1.29. The van der Waals surface area contributed by atoms with Gasteiger partial charge in [0.25, 0.3) is 0 Å². The first-order chi connectivity index (χ1) is 14.3. The van der Waals surface area contributed by atoms with Crippen LogP contribution in [0.25, 0.3) is 11.0 Å². The number of benzene rings is 1. The highest BCUT2D eigenvalue weighted by Gasteiger charge is 2.24. The number of fused-ring (bicyclic) bond motifs is 1. The van der Waals surface area contributed by atoms with Gasteiger partial charge in [-0.25, -0.2) is 13.4 Å². The van der Waals surface area contributed by atoms with Crippen LogP contribution in [-0.2, 0) is 23.0 Å². The van der Waals surface area contributed by atoms with Crippen LogP contribution in [-0.4, -0.2) is 45.5 Å². The van der Waals surface area contributed by atoms with Crippen molar-refractivity contribution < 1.29 is 12.9 Å². The van der Waals surface area contributed by atoms with Crippen LogP contribution in [0.4, 0.5) is 0 Å². The summed E-state index contributed by atoms with van der Waals surface area (Å²) in [4.78, 5) is 9.47. The van der Waals surface area contributed by atoms with Gasteiger partial charge >= 0.3 is 0 Å². The zero-order valence-corrected chi connectivity index (χ0v) is 19.8. The highest BCUT2D eigenvalue weighted by Crippen LogP contribution is 2.36. The Labute approximate surface area is 182 Å². The van der Waals surface area contributed by atoms with Crippen LogP contribution in [0.3, 0.4) is 0 Å². The molecule has 0 N–H and O–H groups in total. The van der Waals surface area contributed by atoms with Crippen molar-refractivity contribution in [2.24, 2.45) is 0 Å². The third kappa shape index (κ3) is 4.40. The molecule has 164 valence electrons. The van der Waals surface area contributed by atoms with Crippen molar-refractivity contribution >= 4 is 32.8 Å². The summed E-state index contributed by atoms with van der Waals surface area (Å²) in [5, 5.41) is 4.76. The van der Waals surface area contributed by atoms with Crippen molar-refractivity contribution in [1.82, 2.24) is 24.0 Å². The van der Waals surface area contributed by atoms with E-state index in [0.717, 1.165) is 35.9 Å². The van der Waals surface area contributed by atoms with Gasteiger partial charge in [-0.3, -0.25) is 0 Å². The highest BCUT2D eigenvalue weighted by atomic mass is 32.2. The van der Waals surface area contributed by atoms with Gasteiger partial charge in [0.1, 0.15) is 0 Å². The molecule has 0 aliphatic rings. The maximum Gasteiger partial charge on any atom is 0.243 e. The average Bonchev–Trinajstić information content (AvgIpc) is 3.32. The van der Waals surface area contributed by atoms with Gasteiger partial charge in [0, 0.05) is 26.1 Å². The van der Waals surface area contributed by atoms with E-state index in [1.165, 1.54) is 16.1 Å². The van der Waals surface area contributed by atoms with Crippen molar-refractivity contribution in [2.75, 3.05) is 13.1 Å². The molecule has 0 aliphatic carbocycles. The molecule has 1 aromatic carbocycles. The molecule has 0 fully saturated rings. The maximum atomic E-state index is 12.9. The largest absolute Gasteiger partial charge is 0.338 e. The number of sulfonamides is 1. The Kier molecular flexibility index (Phi) is 7.20. The molecule has 8 nitrogen and oxygen atoms in total. The van der Waals surface area contributed by atoms with E-state index in [4.69, 9.17) is 9.51 Å². The second-order valence-electron chi connectivity index (χ2n) is 6.94. The molecule has 30 heavy (non-hydrogen) atoms. The number of aryl methyl sites for hydroxylation is 2. The molecule has 0 bridgehead atoms. The molecule has 1 atom stereocenters. The summed E-state index contributed by atoms with van der Waals surface area (Å²) in [6.45, 7) is 11.4. The maximum absolute atomic E-state index is 12.9. The molecule has 0 amide bonds. The van der Waals surface area contributed by atoms with Crippen LogP contribution in [0, 0.1) is 0 Å². The molecule has 10 heteroatoms. The average molecular weight is 452 g/mol. The monoisotopic (exact) mass is 451 g/mol. The van der Waals surface area contributed by atoms with E-state index < -0.39 is 10.0 Å². The molecule has 0 aliphatic heterocycles. The molecule has 2 heterocycles. The molecule has 0 unspecified atom stereocenters. The van der Waals surface area contributed by atoms with Crippen molar-refractivity contribution in [2.45, 2.75) is 69.3 Å². The van der Waals surface area contributed by atoms with E-state index in [2.05, 4.69) is 21.6 Å². The van der Waals surface area contributed by atoms with Gasteiger partial charge < -0.3 is 9.09 Å². The summed E-state index contributed by atoms with van der Waals surface area (Å²) in [6.07, 6.45) is 1.75. The lowest BCUT2D eigenvalue weighted by Crippen LogP contribution is -2.30.